The van der Waals surface area contributed by atoms with Crippen molar-refractivity contribution in [3.63, 3.8) is 0 Å². The van der Waals surface area contributed by atoms with Crippen LogP contribution < -0.4 is 5.32 Å². The highest BCUT2D eigenvalue weighted by Crippen LogP contribution is 2.34. The van der Waals surface area contributed by atoms with Crippen LogP contribution in [0.3, 0.4) is 0 Å². The summed E-state index contributed by atoms with van der Waals surface area (Å²) in [6, 6.07) is 3.36. The first-order chi connectivity index (χ1) is 12.5. The van der Waals surface area contributed by atoms with Gasteiger partial charge >= 0.3 is 6.03 Å². The largest absolute Gasteiger partial charge is 0.507 e. The van der Waals surface area contributed by atoms with Gasteiger partial charge in [0.15, 0.2) is 5.13 Å². The van der Waals surface area contributed by atoms with E-state index in [-0.39, 0.29) is 17.6 Å². The average molecular weight is 370 g/mol. The predicted molar refractivity (Wildman–Crippen MR) is 98.5 cm³/mol. The smallest absolute Gasteiger partial charge is 0.323 e. The van der Waals surface area contributed by atoms with Crippen LogP contribution in [0.15, 0.2) is 23.9 Å². The number of aliphatic hydroxyl groups is 1. The van der Waals surface area contributed by atoms with Crippen molar-refractivity contribution >= 4 is 34.0 Å². The molecule has 0 radical (unpaired) electrons. The molecular formula is C18H18N4O3S. The van der Waals surface area contributed by atoms with Crippen molar-refractivity contribution < 1.29 is 14.7 Å². The number of anilines is 1. The summed E-state index contributed by atoms with van der Waals surface area (Å²) in [7, 11) is 0. The minimum absolute atomic E-state index is 0.0345. The van der Waals surface area contributed by atoms with Crippen LogP contribution in [0.5, 0.6) is 0 Å². The second-order valence-electron chi connectivity index (χ2n) is 6.41. The number of carbonyl (C=O) groups is 2. The third-order valence-corrected chi connectivity index (χ3v) is 5.63. The predicted octanol–water partition coefficient (Wildman–Crippen LogP) is 3.18. The van der Waals surface area contributed by atoms with Crippen molar-refractivity contribution in [3.8, 4) is 0 Å². The topological polar surface area (TPSA) is 95.4 Å². The number of nitrogens with one attached hydrogen (secondary N) is 1. The van der Waals surface area contributed by atoms with Crippen molar-refractivity contribution in [1.29, 1.82) is 0 Å². The molecule has 4 rings (SSSR count). The molecule has 0 spiro atoms. The molecule has 2 aromatic rings. The van der Waals surface area contributed by atoms with Gasteiger partial charge in [-0.2, -0.15) is 0 Å². The van der Waals surface area contributed by atoms with Crippen LogP contribution in [0.25, 0.3) is 5.76 Å². The quantitative estimate of drug-likeness (QED) is 0.625. The number of aromatic nitrogens is 2. The standard InChI is InChI=1S/C18H18N4O3S/c1-10-3-4-11(9-19-10)14(23)12-5-6-13-16(15(12)24)26-17(20-13)21-18(25)22-7-2-8-22/h3-4,9,23H,2,5-8H2,1H3,(H,20,21,25). The van der Waals surface area contributed by atoms with Gasteiger partial charge in [0.1, 0.15) is 10.6 Å². The fourth-order valence-electron chi connectivity index (χ4n) is 2.94. The SMILES string of the molecule is Cc1ccc(C(O)=C2CCc3nc(NC(=O)N4CCC4)sc3C2=O)cn1. The first-order valence-electron chi connectivity index (χ1n) is 8.48. The Labute approximate surface area is 154 Å². The number of hydrogen-bond donors (Lipinski definition) is 2. The van der Waals surface area contributed by atoms with Gasteiger partial charge in [-0.15, -0.1) is 0 Å². The Morgan fingerprint density at radius 1 is 1.31 bits per heavy atom. The third kappa shape index (κ3) is 2.96. The summed E-state index contributed by atoms with van der Waals surface area (Å²) in [4.78, 5) is 35.5. The molecule has 7 nitrogen and oxygen atoms in total. The highest BCUT2D eigenvalue weighted by molar-refractivity contribution is 7.18. The second kappa shape index (κ2) is 6.53. The van der Waals surface area contributed by atoms with E-state index in [4.69, 9.17) is 0 Å². The maximum absolute atomic E-state index is 12.8. The van der Waals surface area contributed by atoms with Crippen molar-refractivity contribution in [2.24, 2.45) is 0 Å². The Morgan fingerprint density at radius 2 is 2.12 bits per heavy atom. The number of fused-ring (bicyclic) bond motifs is 1. The van der Waals surface area contributed by atoms with E-state index in [0.717, 1.165) is 36.5 Å². The van der Waals surface area contributed by atoms with Crippen LogP contribution in [-0.2, 0) is 6.42 Å². The number of carbonyl (C=O) groups excluding carboxylic acids is 2. The number of urea groups is 1. The van der Waals surface area contributed by atoms with E-state index < -0.39 is 0 Å². The number of aliphatic hydroxyl groups excluding tert-OH is 1. The van der Waals surface area contributed by atoms with Gasteiger partial charge in [-0.25, -0.2) is 9.78 Å². The number of hydrogen-bond acceptors (Lipinski definition) is 6. The number of thiazole rings is 1. The average Bonchev–Trinajstić information content (AvgIpc) is 2.97. The molecule has 0 bridgehead atoms. The number of Topliss-reactive ketones (excluding diaryl/α,β-unsaturated/α-hetero) is 1. The van der Waals surface area contributed by atoms with E-state index in [2.05, 4.69) is 15.3 Å². The molecule has 0 unspecified atom stereocenters. The lowest BCUT2D eigenvalue weighted by Crippen LogP contribution is -2.44. The van der Waals surface area contributed by atoms with Gasteiger partial charge in [0.05, 0.1) is 5.69 Å². The molecule has 134 valence electrons. The van der Waals surface area contributed by atoms with Crippen LogP contribution in [0.2, 0.25) is 0 Å². The number of ketones is 1. The number of rotatable bonds is 2. The third-order valence-electron chi connectivity index (χ3n) is 4.62. The van der Waals surface area contributed by atoms with Crippen LogP contribution in [0.4, 0.5) is 9.93 Å². The molecule has 2 N–H and O–H groups in total. The normalized spacial score (nSPS) is 18.2. The number of nitrogens with zero attached hydrogens (tertiary/aromatic N) is 3. The van der Waals surface area contributed by atoms with Crippen LogP contribution in [0.1, 0.15) is 39.5 Å². The van der Waals surface area contributed by atoms with Crippen molar-refractivity contribution in [3.05, 3.63) is 45.7 Å². The number of aryl methyl sites for hydroxylation is 2. The lowest BCUT2D eigenvalue weighted by Gasteiger charge is -2.30. The van der Waals surface area contributed by atoms with E-state index >= 15 is 0 Å². The number of pyridine rings is 1. The van der Waals surface area contributed by atoms with Crippen LogP contribution in [0, 0.1) is 6.92 Å². The fraction of sp³-hybridized carbons (Fsp3) is 0.333. The van der Waals surface area contributed by atoms with E-state index in [1.165, 1.54) is 0 Å². The Kier molecular flexibility index (Phi) is 4.20. The zero-order valence-electron chi connectivity index (χ0n) is 14.3. The maximum Gasteiger partial charge on any atom is 0.323 e. The molecule has 1 aliphatic carbocycles. The zero-order chi connectivity index (χ0) is 18.3. The van der Waals surface area contributed by atoms with Crippen molar-refractivity contribution in [1.82, 2.24) is 14.9 Å². The molecular weight excluding hydrogens is 352 g/mol. The summed E-state index contributed by atoms with van der Waals surface area (Å²) in [6.07, 6.45) is 3.54. The van der Waals surface area contributed by atoms with Gasteiger partial charge in [-0.3, -0.25) is 15.1 Å². The molecule has 2 aliphatic rings. The number of likely N-dealkylation sites (tertiary alicyclic amines) is 1. The molecule has 1 aliphatic heterocycles. The number of amides is 2. The maximum atomic E-state index is 12.8. The molecule has 1 saturated heterocycles. The number of allylic oxidation sites excluding steroid dienone is 1. The highest BCUT2D eigenvalue weighted by Gasteiger charge is 2.30. The van der Waals surface area contributed by atoms with Gasteiger partial charge in [0.25, 0.3) is 0 Å². The summed E-state index contributed by atoms with van der Waals surface area (Å²) >= 11 is 1.16. The Balaban J connectivity index is 1.59. The fourth-order valence-corrected chi connectivity index (χ4v) is 3.91. The van der Waals surface area contributed by atoms with Gasteiger partial charge in [0.2, 0.25) is 5.78 Å². The van der Waals surface area contributed by atoms with Crippen molar-refractivity contribution in [2.75, 3.05) is 18.4 Å². The summed E-state index contributed by atoms with van der Waals surface area (Å²) < 4.78 is 0. The lowest BCUT2D eigenvalue weighted by atomic mass is 9.93. The highest BCUT2D eigenvalue weighted by atomic mass is 32.1. The zero-order valence-corrected chi connectivity index (χ0v) is 15.1. The Bertz CT molecular complexity index is 913. The second-order valence-corrected chi connectivity index (χ2v) is 7.41. The minimum Gasteiger partial charge on any atom is -0.507 e. The van der Waals surface area contributed by atoms with Crippen LogP contribution >= 0.6 is 11.3 Å². The van der Waals surface area contributed by atoms with Gasteiger partial charge in [-0.1, -0.05) is 11.3 Å². The summed E-state index contributed by atoms with van der Waals surface area (Å²) in [5.74, 6) is -0.265. The summed E-state index contributed by atoms with van der Waals surface area (Å²) in [6.45, 7) is 3.36. The first kappa shape index (κ1) is 16.7. The van der Waals surface area contributed by atoms with E-state index in [1.54, 1.807) is 23.2 Å². The van der Waals surface area contributed by atoms with Gasteiger partial charge in [-0.05, 0) is 38.3 Å². The monoisotopic (exact) mass is 370 g/mol. The molecule has 1 fully saturated rings. The lowest BCUT2D eigenvalue weighted by molar-refractivity contribution is 0.102. The molecule has 0 aromatic carbocycles. The van der Waals surface area contributed by atoms with E-state index in [0.29, 0.717) is 39.7 Å². The molecule has 0 atom stereocenters. The molecule has 3 heterocycles. The summed E-state index contributed by atoms with van der Waals surface area (Å²) in [5.41, 5.74) is 2.41. The molecule has 0 saturated carbocycles. The van der Waals surface area contributed by atoms with E-state index in [9.17, 15) is 14.7 Å². The molecule has 2 aromatic heterocycles. The Hall–Kier alpha value is -2.74. The first-order valence-corrected chi connectivity index (χ1v) is 9.30. The van der Waals surface area contributed by atoms with Gasteiger partial charge < -0.3 is 10.0 Å². The Morgan fingerprint density at radius 3 is 2.77 bits per heavy atom. The molecule has 26 heavy (non-hydrogen) atoms. The molecule has 8 heteroatoms. The van der Waals surface area contributed by atoms with Gasteiger partial charge in [0, 0.05) is 36.1 Å². The van der Waals surface area contributed by atoms with Crippen molar-refractivity contribution in [2.45, 2.75) is 26.2 Å². The van der Waals surface area contributed by atoms with Crippen LogP contribution in [-0.4, -0.2) is 44.9 Å². The molecule has 2 amide bonds. The summed E-state index contributed by atoms with van der Waals surface area (Å²) in [5, 5.41) is 13.7. The van der Waals surface area contributed by atoms with E-state index in [1.807, 2.05) is 6.92 Å². The minimum atomic E-state index is -0.230.